The van der Waals surface area contributed by atoms with Gasteiger partial charge in [0.1, 0.15) is 0 Å². The molecular weight excluding hydrogens is 162 g/mol. The topological polar surface area (TPSA) is 18.5 Å². The van der Waals surface area contributed by atoms with Crippen LogP contribution in [0.25, 0.3) is 0 Å². The second kappa shape index (κ2) is 3.95. The zero-order valence-corrected chi connectivity index (χ0v) is 8.79. The van der Waals surface area contributed by atoms with Gasteiger partial charge in [-0.1, -0.05) is 0 Å². The highest BCUT2D eigenvalue weighted by Crippen LogP contribution is 2.24. The Balaban J connectivity index is 1.80. The van der Waals surface area contributed by atoms with Gasteiger partial charge in [-0.25, -0.2) is 0 Å². The van der Waals surface area contributed by atoms with Crippen molar-refractivity contribution in [3.05, 3.63) is 0 Å². The summed E-state index contributed by atoms with van der Waals surface area (Å²) < 4.78 is 0. The zero-order chi connectivity index (χ0) is 9.26. The fourth-order valence-corrected chi connectivity index (χ4v) is 2.56. The Morgan fingerprint density at radius 3 is 3.00 bits per heavy atom. The number of nitrogens with one attached hydrogen (secondary N) is 1. The Bertz CT molecular complexity index is 170. The van der Waals surface area contributed by atoms with Gasteiger partial charge in [-0.15, -0.1) is 0 Å². The number of rotatable bonds is 3. The molecule has 3 heteroatoms. The Kier molecular flexibility index (Phi) is 2.86. The number of likely N-dealkylation sites (N-methyl/N-ethyl adjacent to an activating group) is 1. The fraction of sp³-hybridized carbons (Fsp3) is 1.00. The molecule has 2 aliphatic heterocycles. The summed E-state index contributed by atoms with van der Waals surface area (Å²) in [5, 5.41) is 3.58. The molecule has 76 valence electrons. The van der Waals surface area contributed by atoms with Gasteiger partial charge in [0.05, 0.1) is 0 Å². The average molecular weight is 183 g/mol. The van der Waals surface area contributed by atoms with Crippen LogP contribution in [0.5, 0.6) is 0 Å². The predicted octanol–water partition coefficient (Wildman–Crippen LogP) is -0.0158. The van der Waals surface area contributed by atoms with E-state index in [4.69, 9.17) is 0 Å². The van der Waals surface area contributed by atoms with E-state index in [9.17, 15) is 0 Å². The Morgan fingerprint density at radius 1 is 1.38 bits per heavy atom. The van der Waals surface area contributed by atoms with Crippen LogP contribution < -0.4 is 5.32 Å². The highest BCUT2D eigenvalue weighted by atomic mass is 15.3. The number of likely N-dealkylation sites (tertiary alicyclic amines) is 1. The fourth-order valence-electron chi connectivity index (χ4n) is 2.56. The van der Waals surface area contributed by atoms with Crippen molar-refractivity contribution in [1.29, 1.82) is 0 Å². The third-order valence-corrected chi connectivity index (χ3v) is 3.34. The summed E-state index contributed by atoms with van der Waals surface area (Å²) in [4.78, 5) is 4.93. The molecule has 0 spiro atoms. The lowest BCUT2D eigenvalue weighted by Crippen LogP contribution is -2.38. The summed E-state index contributed by atoms with van der Waals surface area (Å²) >= 11 is 0. The molecule has 0 saturated carbocycles. The molecule has 0 aliphatic carbocycles. The maximum Gasteiger partial charge on any atom is 0.0262 e. The van der Waals surface area contributed by atoms with E-state index in [2.05, 4.69) is 29.2 Å². The molecule has 2 heterocycles. The van der Waals surface area contributed by atoms with Crippen molar-refractivity contribution in [2.24, 2.45) is 0 Å². The molecule has 0 radical (unpaired) electrons. The molecule has 13 heavy (non-hydrogen) atoms. The Labute approximate surface area is 81.1 Å². The lowest BCUT2D eigenvalue weighted by Gasteiger charge is -2.24. The second-order valence-corrected chi connectivity index (χ2v) is 4.54. The van der Waals surface area contributed by atoms with Crippen molar-refractivity contribution in [3.63, 3.8) is 0 Å². The first-order valence-corrected chi connectivity index (χ1v) is 5.39. The van der Waals surface area contributed by atoms with Crippen molar-refractivity contribution < 1.29 is 0 Å². The van der Waals surface area contributed by atoms with Crippen LogP contribution in [-0.2, 0) is 0 Å². The summed E-state index contributed by atoms with van der Waals surface area (Å²) in [5.41, 5.74) is 0. The van der Waals surface area contributed by atoms with E-state index >= 15 is 0 Å². The van der Waals surface area contributed by atoms with Gasteiger partial charge in [0.2, 0.25) is 0 Å². The zero-order valence-electron chi connectivity index (χ0n) is 8.79. The largest absolute Gasteiger partial charge is 0.312 e. The molecule has 1 N–H and O–H groups in total. The van der Waals surface area contributed by atoms with Crippen LogP contribution in [0.15, 0.2) is 0 Å². The van der Waals surface area contributed by atoms with Crippen LogP contribution in [0.2, 0.25) is 0 Å². The van der Waals surface area contributed by atoms with Crippen LogP contribution in [0.3, 0.4) is 0 Å². The summed E-state index contributed by atoms with van der Waals surface area (Å²) in [7, 11) is 4.31. The first kappa shape index (κ1) is 9.44. The van der Waals surface area contributed by atoms with Crippen molar-refractivity contribution >= 4 is 0 Å². The average Bonchev–Trinajstić information content (AvgIpc) is 2.60. The first-order valence-electron chi connectivity index (χ1n) is 5.39. The van der Waals surface area contributed by atoms with Crippen LogP contribution in [0.1, 0.15) is 12.8 Å². The normalized spacial score (nSPS) is 34.4. The molecule has 0 bridgehead atoms. The molecule has 2 saturated heterocycles. The van der Waals surface area contributed by atoms with Crippen molar-refractivity contribution in [1.82, 2.24) is 15.1 Å². The molecule has 0 unspecified atom stereocenters. The molecule has 2 fully saturated rings. The monoisotopic (exact) mass is 183 g/mol. The lowest BCUT2D eigenvalue weighted by molar-refractivity contribution is 0.225. The number of hydrogen-bond donors (Lipinski definition) is 1. The third-order valence-electron chi connectivity index (χ3n) is 3.34. The van der Waals surface area contributed by atoms with Crippen LogP contribution >= 0.6 is 0 Å². The van der Waals surface area contributed by atoms with Gasteiger partial charge in [-0.2, -0.15) is 0 Å². The second-order valence-electron chi connectivity index (χ2n) is 4.54. The standard InChI is InChI=1S/C10H21N3/c1-12(2)7-8-13-6-4-9-10(13)3-5-11-9/h9-11H,3-8H2,1-2H3/t9-,10+/m1/s1. The number of fused-ring (bicyclic) bond motifs is 1. The summed E-state index contributed by atoms with van der Waals surface area (Å²) in [6.07, 6.45) is 2.72. The SMILES string of the molecule is CN(C)CCN1CC[C@H]2NCC[C@@H]21. The molecule has 3 nitrogen and oxygen atoms in total. The van der Waals surface area contributed by atoms with Crippen LogP contribution in [0.4, 0.5) is 0 Å². The van der Waals surface area contributed by atoms with E-state index in [1.54, 1.807) is 0 Å². The summed E-state index contributed by atoms with van der Waals surface area (Å²) in [6.45, 7) is 4.98. The minimum atomic E-state index is 0.808. The third kappa shape index (κ3) is 2.03. The smallest absolute Gasteiger partial charge is 0.0262 e. The van der Waals surface area contributed by atoms with E-state index in [0.717, 1.165) is 12.1 Å². The van der Waals surface area contributed by atoms with E-state index in [-0.39, 0.29) is 0 Å². The van der Waals surface area contributed by atoms with Gasteiger partial charge in [0.15, 0.2) is 0 Å². The van der Waals surface area contributed by atoms with Gasteiger partial charge in [-0.05, 0) is 33.5 Å². The van der Waals surface area contributed by atoms with Gasteiger partial charge >= 0.3 is 0 Å². The molecule has 2 aliphatic rings. The van der Waals surface area contributed by atoms with Gasteiger partial charge in [-0.3, -0.25) is 4.90 Å². The van der Waals surface area contributed by atoms with Crippen molar-refractivity contribution in [2.75, 3.05) is 40.3 Å². The minimum absolute atomic E-state index is 0.808. The molecule has 0 aromatic heterocycles. The van der Waals surface area contributed by atoms with E-state index in [1.165, 1.54) is 39.0 Å². The summed E-state index contributed by atoms with van der Waals surface area (Å²) in [5.74, 6) is 0. The minimum Gasteiger partial charge on any atom is -0.312 e. The summed E-state index contributed by atoms with van der Waals surface area (Å²) in [6, 6.07) is 1.65. The molecule has 0 aromatic rings. The van der Waals surface area contributed by atoms with E-state index in [0.29, 0.717) is 0 Å². The van der Waals surface area contributed by atoms with Gasteiger partial charge < -0.3 is 10.2 Å². The van der Waals surface area contributed by atoms with Gasteiger partial charge in [0, 0.05) is 31.7 Å². The predicted molar refractivity (Wildman–Crippen MR) is 54.9 cm³/mol. The molecule has 2 rings (SSSR count). The highest BCUT2D eigenvalue weighted by Gasteiger charge is 2.36. The highest BCUT2D eigenvalue weighted by molar-refractivity contribution is 4.96. The number of nitrogens with zero attached hydrogens (tertiary/aromatic N) is 2. The Morgan fingerprint density at radius 2 is 2.23 bits per heavy atom. The van der Waals surface area contributed by atoms with Crippen LogP contribution in [0, 0.1) is 0 Å². The van der Waals surface area contributed by atoms with Crippen molar-refractivity contribution in [2.45, 2.75) is 24.9 Å². The van der Waals surface area contributed by atoms with Crippen molar-refractivity contribution in [3.8, 4) is 0 Å². The van der Waals surface area contributed by atoms with E-state index in [1.807, 2.05) is 0 Å². The Hall–Kier alpha value is -0.120. The first-order chi connectivity index (χ1) is 6.27. The quantitative estimate of drug-likeness (QED) is 0.663. The molecule has 2 atom stereocenters. The van der Waals surface area contributed by atoms with Gasteiger partial charge in [0.25, 0.3) is 0 Å². The molecular formula is C10H21N3. The molecule has 0 aromatic carbocycles. The van der Waals surface area contributed by atoms with Crippen LogP contribution in [-0.4, -0.2) is 62.2 Å². The maximum absolute atomic E-state index is 3.58. The lowest BCUT2D eigenvalue weighted by atomic mass is 10.1. The van der Waals surface area contributed by atoms with E-state index < -0.39 is 0 Å². The molecule has 0 amide bonds. The number of hydrogen-bond acceptors (Lipinski definition) is 3. The maximum atomic E-state index is 3.58.